The molecule has 0 aromatic rings. The number of nitrogens with zero attached hydrogens (tertiary/aromatic N) is 2. The summed E-state index contributed by atoms with van der Waals surface area (Å²) in [6.45, 7) is 3.27. The lowest BCUT2D eigenvalue weighted by molar-refractivity contribution is -0.142. The van der Waals surface area contributed by atoms with Gasteiger partial charge in [-0.2, -0.15) is 0 Å². The molecular weight excluding hydrogens is 262 g/mol. The van der Waals surface area contributed by atoms with E-state index in [-0.39, 0.29) is 23.9 Å². The zero-order chi connectivity index (χ0) is 14.9. The number of hydrogen-bond acceptors (Lipinski definition) is 3. The van der Waals surface area contributed by atoms with Crippen molar-refractivity contribution in [2.24, 2.45) is 17.6 Å². The van der Waals surface area contributed by atoms with Crippen molar-refractivity contribution in [3.63, 3.8) is 0 Å². The Labute approximate surface area is 117 Å². The fraction of sp³-hybridized carbons (Fsp3) is 0.769. The zero-order valence-corrected chi connectivity index (χ0v) is 11.6. The van der Waals surface area contributed by atoms with Crippen LogP contribution < -0.4 is 5.73 Å². The molecule has 112 valence electrons. The number of likely N-dealkylation sites (tertiary alicyclic amines) is 2. The van der Waals surface area contributed by atoms with Gasteiger partial charge in [-0.1, -0.05) is 0 Å². The van der Waals surface area contributed by atoms with Gasteiger partial charge in [0.1, 0.15) is 0 Å². The molecule has 2 aliphatic heterocycles. The molecule has 0 bridgehead atoms. The van der Waals surface area contributed by atoms with Crippen molar-refractivity contribution < 1.29 is 19.5 Å². The van der Waals surface area contributed by atoms with Crippen molar-refractivity contribution in [1.82, 2.24) is 9.80 Å². The number of primary amides is 1. The van der Waals surface area contributed by atoms with Crippen LogP contribution in [0.5, 0.6) is 0 Å². The molecule has 0 aromatic carbocycles. The number of rotatable bonds is 2. The Kier molecular flexibility index (Phi) is 4.15. The molecule has 7 heteroatoms. The highest BCUT2D eigenvalue weighted by Crippen LogP contribution is 2.27. The third-order valence-corrected chi connectivity index (χ3v) is 4.49. The van der Waals surface area contributed by atoms with Gasteiger partial charge in [-0.05, 0) is 26.2 Å². The molecule has 3 amide bonds. The summed E-state index contributed by atoms with van der Waals surface area (Å²) in [6.07, 6.45) is 1.68. The first kappa shape index (κ1) is 14.6. The topological polar surface area (TPSA) is 104 Å². The molecule has 20 heavy (non-hydrogen) atoms. The molecule has 3 N–H and O–H groups in total. The van der Waals surface area contributed by atoms with Crippen molar-refractivity contribution in [2.75, 3.05) is 19.6 Å². The minimum atomic E-state index is -0.847. The summed E-state index contributed by atoms with van der Waals surface area (Å²) in [6, 6.07) is -0.405. The smallest absolute Gasteiger partial charge is 0.320 e. The molecule has 2 aliphatic rings. The first-order chi connectivity index (χ1) is 9.41. The van der Waals surface area contributed by atoms with Crippen molar-refractivity contribution >= 4 is 17.9 Å². The fourth-order valence-corrected chi connectivity index (χ4v) is 3.08. The maximum Gasteiger partial charge on any atom is 0.320 e. The summed E-state index contributed by atoms with van der Waals surface area (Å²) < 4.78 is 0. The fourth-order valence-electron chi connectivity index (χ4n) is 3.08. The van der Waals surface area contributed by atoms with E-state index in [9.17, 15) is 14.4 Å². The van der Waals surface area contributed by atoms with Gasteiger partial charge in [0.15, 0.2) is 0 Å². The summed E-state index contributed by atoms with van der Waals surface area (Å²) >= 11 is 0. The van der Waals surface area contributed by atoms with Crippen molar-refractivity contribution in [3.05, 3.63) is 0 Å². The summed E-state index contributed by atoms with van der Waals surface area (Å²) in [5.41, 5.74) is 5.27. The van der Waals surface area contributed by atoms with Crippen LogP contribution in [0.2, 0.25) is 0 Å². The van der Waals surface area contributed by atoms with Gasteiger partial charge in [-0.25, -0.2) is 4.79 Å². The molecule has 0 saturated carbocycles. The number of hydrogen-bond donors (Lipinski definition) is 2. The van der Waals surface area contributed by atoms with Crippen LogP contribution in [-0.2, 0) is 9.59 Å². The van der Waals surface area contributed by atoms with Gasteiger partial charge >= 0.3 is 12.0 Å². The molecule has 0 aliphatic carbocycles. The maximum absolute atomic E-state index is 12.4. The van der Waals surface area contributed by atoms with Crippen LogP contribution in [0.1, 0.15) is 26.2 Å². The first-order valence-electron chi connectivity index (χ1n) is 6.99. The minimum absolute atomic E-state index is 0.121. The van der Waals surface area contributed by atoms with E-state index in [0.717, 1.165) is 0 Å². The number of carboxylic acids is 1. The quantitative estimate of drug-likeness (QED) is 0.750. The predicted octanol–water partition coefficient (Wildman–Crippen LogP) is 0.0987. The summed E-state index contributed by atoms with van der Waals surface area (Å²) in [7, 11) is 0. The lowest BCUT2D eigenvalue weighted by atomic mass is 9.96. The van der Waals surface area contributed by atoms with Crippen LogP contribution >= 0.6 is 0 Å². The highest BCUT2D eigenvalue weighted by atomic mass is 16.4. The van der Waals surface area contributed by atoms with Crippen LogP contribution in [0.4, 0.5) is 4.79 Å². The van der Waals surface area contributed by atoms with Crippen LogP contribution in [0.25, 0.3) is 0 Å². The number of nitrogens with two attached hydrogens (primary N) is 1. The molecule has 2 heterocycles. The second-order valence-electron chi connectivity index (χ2n) is 5.61. The summed E-state index contributed by atoms with van der Waals surface area (Å²) in [4.78, 5) is 37.9. The van der Waals surface area contributed by atoms with Gasteiger partial charge in [0.25, 0.3) is 0 Å². The Morgan fingerprint density at radius 3 is 2.15 bits per heavy atom. The third-order valence-electron chi connectivity index (χ3n) is 4.49. The van der Waals surface area contributed by atoms with E-state index in [2.05, 4.69) is 0 Å². The van der Waals surface area contributed by atoms with Crippen molar-refractivity contribution in [2.45, 2.75) is 32.2 Å². The first-order valence-corrected chi connectivity index (χ1v) is 6.99. The largest absolute Gasteiger partial charge is 0.481 e. The molecular formula is C13H21N3O4. The number of amides is 3. The van der Waals surface area contributed by atoms with E-state index < -0.39 is 11.9 Å². The average molecular weight is 283 g/mol. The van der Waals surface area contributed by atoms with Gasteiger partial charge < -0.3 is 20.6 Å². The van der Waals surface area contributed by atoms with Crippen molar-refractivity contribution in [1.29, 1.82) is 0 Å². The monoisotopic (exact) mass is 283 g/mol. The van der Waals surface area contributed by atoms with Crippen molar-refractivity contribution in [3.8, 4) is 0 Å². The number of carbonyl (C=O) groups excluding carboxylic acids is 2. The SMILES string of the molecule is CC1C(C(=O)O)CCN1C(=O)N1CCC(C(N)=O)CC1. The Hall–Kier alpha value is -1.79. The molecule has 2 unspecified atom stereocenters. The second kappa shape index (κ2) is 5.68. The van der Waals surface area contributed by atoms with Gasteiger partial charge in [0.2, 0.25) is 5.91 Å². The molecule has 2 fully saturated rings. The van der Waals surface area contributed by atoms with Crippen LogP contribution in [0.3, 0.4) is 0 Å². The molecule has 0 spiro atoms. The van der Waals surface area contributed by atoms with E-state index >= 15 is 0 Å². The Bertz CT molecular complexity index is 418. The van der Waals surface area contributed by atoms with E-state index in [1.54, 1.807) is 16.7 Å². The van der Waals surface area contributed by atoms with E-state index in [1.165, 1.54) is 0 Å². The zero-order valence-electron chi connectivity index (χ0n) is 11.6. The number of urea groups is 1. The summed E-state index contributed by atoms with van der Waals surface area (Å²) in [5.74, 6) is -1.79. The van der Waals surface area contributed by atoms with E-state index in [1.807, 2.05) is 0 Å². The Morgan fingerprint density at radius 2 is 1.70 bits per heavy atom. The molecule has 2 saturated heterocycles. The van der Waals surface area contributed by atoms with Gasteiger partial charge in [-0.15, -0.1) is 0 Å². The van der Waals surface area contributed by atoms with Gasteiger partial charge in [0.05, 0.1) is 5.92 Å². The number of carbonyl (C=O) groups is 3. The minimum Gasteiger partial charge on any atom is -0.481 e. The lowest BCUT2D eigenvalue weighted by Crippen LogP contribution is -2.49. The number of carboxylic acid groups (broad SMARTS) is 1. The summed E-state index contributed by atoms with van der Waals surface area (Å²) in [5, 5.41) is 9.09. The third kappa shape index (κ3) is 2.71. The standard InChI is InChI=1S/C13H21N3O4/c1-8-10(12(18)19)4-7-16(8)13(20)15-5-2-9(3-6-15)11(14)17/h8-10H,2-7H2,1H3,(H2,14,17)(H,18,19). The highest BCUT2D eigenvalue weighted by Gasteiger charge is 2.40. The normalized spacial score (nSPS) is 27.6. The maximum atomic E-state index is 12.4. The van der Waals surface area contributed by atoms with Gasteiger partial charge in [-0.3, -0.25) is 9.59 Å². The van der Waals surface area contributed by atoms with E-state index in [0.29, 0.717) is 38.9 Å². The molecule has 7 nitrogen and oxygen atoms in total. The Morgan fingerprint density at radius 1 is 1.10 bits per heavy atom. The van der Waals surface area contributed by atoms with Gasteiger partial charge in [0, 0.05) is 31.6 Å². The molecule has 0 aromatic heterocycles. The lowest BCUT2D eigenvalue weighted by Gasteiger charge is -2.35. The highest BCUT2D eigenvalue weighted by molar-refractivity contribution is 5.79. The second-order valence-corrected chi connectivity index (χ2v) is 5.61. The predicted molar refractivity (Wildman–Crippen MR) is 70.8 cm³/mol. The van der Waals surface area contributed by atoms with Crippen LogP contribution in [0.15, 0.2) is 0 Å². The Balaban J connectivity index is 1.93. The molecule has 0 radical (unpaired) electrons. The van der Waals surface area contributed by atoms with Crippen LogP contribution in [-0.4, -0.2) is 58.5 Å². The van der Waals surface area contributed by atoms with E-state index in [4.69, 9.17) is 10.8 Å². The molecule has 2 atom stereocenters. The molecule has 2 rings (SSSR count). The number of aliphatic carboxylic acids is 1. The van der Waals surface area contributed by atoms with Crippen LogP contribution in [0, 0.1) is 11.8 Å². The average Bonchev–Trinajstić information content (AvgIpc) is 2.80. The number of piperidine rings is 1.